The highest BCUT2D eigenvalue weighted by Crippen LogP contribution is 2.66. The Hall–Kier alpha value is -3.37. The molecule has 1 amide bonds. The molecule has 10 heteroatoms. The van der Waals surface area contributed by atoms with Gasteiger partial charge in [0.05, 0.1) is 28.5 Å². The lowest BCUT2D eigenvalue weighted by Gasteiger charge is -2.52. The van der Waals surface area contributed by atoms with Crippen LogP contribution in [0.25, 0.3) is 5.76 Å². The van der Waals surface area contributed by atoms with Crippen molar-refractivity contribution >= 4 is 30.0 Å². The number of ketones is 2. The van der Waals surface area contributed by atoms with Gasteiger partial charge in [0, 0.05) is 17.1 Å². The molecule has 7 rings (SSSR count). The van der Waals surface area contributed by atoms with E-state index in [9.17, 15) is 24.6 Å². The maximum atomic E-state index is 16.2. The molecule has 49 heavy (non-hydrogen) atoms. The summed E-state index contributed by atoms with van der Waals surface area (Å²) in [6.45, 7) is 12.7. The summed E-state index contributed by atoms with van der Waals surface area (Å²) in [6, 6.07) is 0.739. The maximum Gasteiger partial charge on any atom is 0.251 e. The zero-order valence-electron chi connectivity index (χ0n) is 29.7. The van der Waals surface area contributed by atoms with Crippen LogP contribution in [-0.4, -0.2) is 87.8 Å². The van der Waals surface area contributed by atoms with Crippen molar-refractivity contribution in [1.29, 1.82) is 0 Å². The van der Waals surface area contributed by atoms with Crippen molar-refractivity contribution in [2.75, 3.05) is 20.6 Å². The van der Waals surface area contributed by atoms with Gasteiger partial charge in [-0.3, -0.25) is 19.3 Å². The number of carbonyl (C=O) groups is 3. The molecule has 9 atom stereocenters. The number of benzene rings is 1. The number of primary amides is 1. The molecule has 1 aromatic rings. The summed E-state index contributed by atoms with van der Waals surface area (Å²) in [4.78, 5) is 44.0. The highest BCUT2D eigenvalue weighted by molar-refractivity contribution is 6.09. The molecule has 264 valence electrons. The van der Waals surface area contributed by atoms with Crippen LogP contribution < -0.4 is 5.73 Å². The SMILES string of the molecule is C=[N+](C)C1C(O)=C(C(N)=O)C2(OC2CC)C2C(=O)C3=C(O)c4c(C)c(CC5CCC5C(=O)C5(CC)CCCN5C)cc(F)c4CC3CC12C. The van der Waals surface area contributed by atoms with Crippen LogP contribution in [0.3, 0.4) is 0 Å². The fourth-order valence-electron chi connectivity index (χ4n) is 11.4. The number of likely N-dealkylation sites (N-methyl/N-ethyl adjacent to an activating group) is 2. The number of nitrogens with zero attached hydrogens (tertiary/aromatic N) is 2. The largest absolute Gasteiger partial charge is 0.507 e. The Morgan fingerprint density at radius 2 is 1.96 bits per heavy atom. The van der Waals surface area contributed by atoms with Crippen LogP contribution in [-0.2, 0) is 32.0 Å². The molecule has 0 aromatic heterocycles. The number of allylic oxidation sites excluding steroid dienone is 1. The number of amides is 1. The van der Waals surface area contributed by atoms with Gasteiger partial charge in [0.1, 0.15) is 30.9 Å². The second-order valence-corrected chi connectivity index (χ2v) is 16.2. The smallest absolute Gasteiger partial charge is 0.251 e. The van der Waals surface area contributed by atoms with Gasteiger partial charge >= 0.3 is 0 Å². The maximum absolute atomic E-state index is 16.2. The van der Waals surface area contributed by atoms with E-state index in [1.54, 1.807) is 17.7 Å². The van der Waals surface area contributed by atoms with Gasteiger partial charge in [-0.2, -0.15) is 0 Å². The minimum atomic E-state index is -1.42. The highest BCUT2D eigenvalue weighted by atomic mass is 19.1. The quantitative estimate of drug-likeness (QED) is 0.205. The molecule has 2 saturated heterocycles. The summed E-state index contributed by atoms with van der Waals surface area (Å²) in [5.41, 5.74) is 5.38. The first-order valence-electron chi connectivity index (χ1n) is 18.1. The summed E-state index contributed by atoms with van der Waals surface area (Å²) >= 11 is 0. The summed E-state index contributed by atoms with van der Waals surface area (Å²) < 4.78 is 24.0. The number of Topliss-reactive ketones (excluding diaryl/α,β-unsaturated/α-hetero) is 2. The fourth-order valence-corrected chi connectivity index (χ4v) is 11.4. The number of hydrogen-bond acceptors (Lipinski definition) is 7. The predicted octanol–water partition coefficient (Wildman–Crippen LogP) is 4.75. The van der Waals surface area contributed by atoms with Gasteiger partial charge < -0.3 is 20.7 Å². The molecule has 4 fully saturated rings. The van der Waals surface area contributed by atoms with Gasteiger partial charge in [0.15, 0.2) is 17.3 Å². The number of carbonyl (C=O) groups excluding carboxylic acids is 3. The molecule has 6 aliphatic rings. The number of aliphatic hydroxyl groups is 2. The Labute approximate surface area is 288 Å². The van der Waals surface area contributed by atoms with Gasteiger partial charge in [-0.15, -0.1) is 0 Å². The molecule has 2 heterocycles. The number of halogens is 1. The Morgan fingerprint density at radius 1 is 1.24 bits per heavy atom. The number of hydrogen-bond donors (Lipinski definition) is 3. The van der Waals surface area contributed by atoms with E-state index in [1.165, 1.54) is 0 Å². The topological polar surface area (TPSA) is 136 Å². The molecule has 9 nitrogen and oxygen atoms in total. The molecule has 1 spiro atoms. The number of fused-ring (bicyclic) bond motifs is 4. The third kappa shape index (κ3) is 4.41. The van der Waals surface area contributed by atoms with E-state index in [1.807, 2.05) is 27.8 Å². The number of aliphatic hydroxyl groups excluding tert-OH is 2. The van der Waals surface area contributed by atoms with E-state index < -0.39 is 52.3 Å². The van der Waals surface area contributed by atoms with Gasteiger partial charge in [-0.25, -0.2) is 8.97 Å². The average Bonchev–Trinajstić information content (AvgIpc) is 3.57. The fraction of sp³-hybridized carbons (Fsp3) is 0.641. The summed E-state index contributed by atoms with van der Waals surface area (Å²) in [5, 5.41) is 23.6. The molecular formula is C39H51FN3O6+. The van der Waals surface area contributed by atoms with Crippen molar-refractivity contribution in [1.82, 2.24) is 4.90 Å². The van der Waals surface area contributed by atoms with Crippen LogP contribution in [0.4, 0.5) is 4.39 Å². The number of likely N-dealkylation sites (tertiary alicyclic amines) is 1. The third-order valence-corrected chi connectivity index (χ3v) is 13.8. The standard InChI is InChI=1S/C39H50FN3O6/c1-8-26-39(49-26)29(36(41)48)32(46)34(42(5)6)37(4)18-22-16-24-25(40)17-21(19(3)27(24)30(44)28(22)31(45)33(37)39)15-20-11-12-23(20)35(47)38(9-2)13-10-14-43(38)7/h17,20,22-23,26,33-34H,5,8-16,18H2,1-4,6-7H3,(H3-,41,44,45,46,48)/p+1. The van der Waals surface area contributed by atoms with Gasteiger partial charge in [-0.1, -0.05) is 20.8 Å². The number of epoxide rings is 1. The Morgan fingerprint density at radius 3 is 2.49 bits per heavy atom. The van der Waals surface area contributed by atoms with Crippen LogP contribution in [0.2, 0.25) is 0 Å². The lowest BCUT2D eigenvalue weighted by molar-refractivity contribution is -0.547. The number of ether oxygens (including phenoxy) is 1. The predicted molar refractivity (Wildman–Crippen MR) is 183 cm³/mol. The van der Waals surface area contributed by atoms with Crippen LogP contribution in [0, 0.1) is 41.8 Å². The van der Waals surface area contributed by atoms with Crippen molar-refractivity contribution in [3.8, 4) is 0 Å². The molecule has 2 aliphatic heterocycles. The average molecular weight is 677 g/mol. The van der Waals surface area contributed by atoms with Crippen molar-refractivity contribution in [3.63, 3.8) is 0 Å². The van der Waals surface area contributed by atoms with Crippen LogP contribution >= 0.6 is 0 Å². The third-order valence-electron chi connectivity index (χ3n) is 13.8. The molecular weight excluding hydrogens is 625 g/mol. The van der Waals surface area contributed by atoms with Crippen LogP contribution in [0.1, 0.15) is 88.0 Å². The first-order valence-corrected chi connectivity index (χ1v) is 18.1. The van der Waals surface area contributed by atoms with Gasteiger partial charge in [-0.05, 0) is 113 Å². The molecule has 4 aliphatic carbocycles. The summed E-state index contributed by atoms with van der Waals surface area (Å²) in [5.74, 6) is -3.25. The molecule has 4 N–H and O–H groups in total. The molecule has 0 radical (unpaired) electrons. The van der Waals surface area contributed by atoms with E-state index in [-0.39, 0.29) is 46.7 Å². The molecule has 2 saturated carbocycles. The summed E-state index contributed by atoms with van der Waals surface area (Å²) in [7, 11) is 3.72. The second-order valence-electron chi connectivity index (χ2n) is 16.2. The van der Waals surface area contributed by atoms with E-state index in [0.29, 0.717) is 36.2 Å². The first kappa shape index (κ1) is 34.1. The van der Waals surface area contributed by atoms with E-state index in [0.717, 1.165) is 49.8 Å². The van der Waals surface area contributed by atoms with Crippen LogP contribution in [0.15, 0.2) is 23.0 Å². The van der Waals surface area contributed by atoms with Crippen molar-refractivity contribution < 1.29 is 38.3 Å². The Balaban J connectivity index is 1.28. The normalized spacial score (nSPS) is 38.2. The van der Waals surface area contributed by atoms with Crippen molar-refractivity contribution in [3.05, 3.63) is 51.0 Å². The van der Waals surface area contributed by atoms with Crippen molar-refractivity contribution in [2.24, 2.45) is 34.8 Å². The number of nitrogens with two attached hydrogens (primary N) is 1. The minimum absolute atomic E-state index is 0.0801. The van der Waals surface area contributed by atoms with Gasteiger partial charge in [0.25, 0.3) is 5.91 Å². The summed E-state index contributed by atoms with van der Waals surface area (Å²) in [6.07, 6.45) is 5.41. The Bertz CT molecular complexity index is 1770. The Kier molecular flexibility index (Phi) is 7.88. The minimum Gasteiger partial charge on any atom is -0.507 e. The van der Waals surface area contributed by atoms with E-state index in [4.69, 9.17) is 10.5 Å². The lowest BCUT2D eigenvalue weighted by atomic mass is 9.49. The zero-order chi connectivity index (χ0) is 35.5. The molecule has 9 unspecified atom stereocenters. The molecule has 0 bridgehead atoms. The molecule has 1 aromatic carbocycles. The van der Waals surface area contributed by atoms with Crippen molar-refractivity contribution in [2.45, 2.75) is 109 Å². The van der Waals surface area contributed by atoms with E-state index >= 15 is 4.39 Å². The highest BCUT2D eigenvalue weighted by Gasteiger charge is 2.78. The number of rotatable bonds is 8. The van der Waals surface area contributed by atoms with Gasteiger partial charge in [0.2, 0.25) is 6.04 Å². The second kappa shape index (κ2) is 11.3. The first-order chi connectivity index (χ1) is 23.1. The van der Waals surface area contributed by atoms with E-state index in [2.05, 4.69) is 18.5 Å². The lowest BCUT2D eigenvalue weighted by Crippen LogP contribution is -2.63. The van der Waals surface area contributed by atoms with Crippen LogP contribution in [0.5, 0.6) is 0 Å². The monoisotopic (exact) mass is 676 g/mol. The zero-order valence-corrected chi connectivity index (χ0v) is 29.7.